The van der Waals surface area contributed by atoms with E-state index >= 15 is 0 Å². The van der Waals surface area contributed by atoms with Gasteiger partial charge < -0.3 is 14.2 Å². The number of aromatic nitrogens is 2. The highest BCUT2D eigenvalue weighted by atomic mass is 16.5. The van der Waals surface area contributed by atoms with Gasteiger partial charge in [-0.15, -0.1) is 0 Å². The van der Waals surface area contributed by atoms with Crippen molar-refractivity contribution in [2.75, 3.05) is 24.6 Å². The molecule has 1 aromatic carbocycles. The molecule has 1 aliphatic rings. The van der Waals surface area contributed by atoms with E-state index in [2.05, 4.69) is 26.6 Å². The van der Waals surface area contributed by atoms with Crippen LogP contribution in [-0.2, 0) is 11.3 Å². The molecule has 4 rings (SSSR count). The molecule has 6 nitrogen and oxygen atoms in total. The molecule has 0 saturated carbocycles. The molecule has 0 amide bonds. The Hall–Kier alpha value is -3.41. The molecule has 31 heavy (non-hydrogen) atoms. The fourth-order valence-electron chi connectivity index (χ4n) is 4.12. The zero-order valence-electron chi connectivity index (χ0n) is 18.0. The number of ether oxygens (including phenoxy) is 1. The molecule has 3 aromatic rings. The lowest BCUT2D eigenvalue weighted by molar-refractivity contribution is 0.0475. The molecule has 0 unspecified atom stereocenters. The van der Waals surface area contributed by atoms with Gasteiger partial charge in [-0.05, 0) is 50.5 Å². The Kier molecular flexibility index (Phi) is 6.16. The third kappa shape index (κ3) is 4.53. The number of carbonyl (C=O) groups is 2. The van der Waals surface area contributed by atoms with Crippen molar-refractivity contribution in [2.24, 2.45) is 0 Å². The lowest BCUT2D eigenvalue weighted by Gasteiger charge is -2.18. The molecule has 0 radical (unpaired) electrons. The Morgan fingerprint density at radius 2 is 1.74 bits per heavy atom. The van der Waals surface area contributed by atoms with E-state index in [4.69, 9.17) is 4.74 Å². The van der Waals surface area contributed by atoms with E-state index in [1.807, 2.05) is 38.1 Å². The SMILES string of the molecule is Cc1cc(C(=O)COC(=O)c2cccnc2N2CCCC2)c(C)n1Cc1ccccc1. The van der Waals surface area contributed by atoms with Crippen LogP contribution in [0.15, 0.2) is 54.7 Å². The zero-order valence-corrected chi connectivity index (χ0v) is 18.0. The number of Topliss-reactive ketones (excluding diaryl/α,β-unsaturated/α-hetero) is 1. The Balaban J connectivity index is 1.45. The van der Waals surface area contributed by atoms with Gasteiger partial charge in [0.2, 0.25) is 5.78 Å². The highest BCUT2D eigenvalue weighted by Crippen LogP contribution is 2.23. The maximum Gasteiger partial charge on any atom is 0.342 e. The summed E-state index contributed by atoms with van der Waals surface area (Å²) in [5.74, 6) is -0.0766. The summed E-state index contributed by atoms with van der Waals surface area (Å²) in [4.78, 5) is 32.0. The molecule has 1 aliphatic heterocycles. The largest absolute Gasteiger partial charge is 0.454 e. The molecular weight excluding hydrogens is 390 g/mol. The van der Waals surface area contributed by atoms with Gasteiger partial charge in [-0.25, -0.2) is 9.78 Å². The molecule has 2 aromatic heterocycles. The predicted octanol–water partition coefficient (Wildman–Crippen LogP) is 4.19. The highest BCUT2D eigenvalue weighted by Gasteiger charge is 2.23. The van der Waals surface area contributed by atoms with E-state index in [9.17, 15) is 9.59 Å². The van der Waals surface area contributed by atoms with Gasteiger partial charge in [0.1, 0.15) is 11.4 Å². The summed E-state index contributed by atoms with van der Waals surface area (Å²) in [6, 6.07) is 15.4. The Labute approximate surface area is 182 Å². The average Bonchev–Trinajstić information content (AvgIpc) is 3.42. The van der Waals surface area contributed by atoms with Crippen LogP contribution >= 0.6 is 0 Å². The summed E-state index contributed by atoms with van der Waals surface area (Å²) >= 11 is 0. The maximum absolute atomic E-state index is 12.8. The average molecular weight is 418 g/mol. The lowest BCUT2D eigenvalue weighted by atomic mass is 10.1. The first-order valence-corrected chi connectivity index (χ1v) is 10.7. The minimum Gasteiger partial charge on any atom is -0.454 e. The molecule has 1 saturated heterocycles. The first kappa shape index (κ1) is 20.8. The number of esters is 1. The molecule has 0 atom stereocenters. The van der Waals surface area contributed by atoms with Crippen LogP contribution in [0.25, 0.3) is 0 Å². The second-order valence-electron chi connectivity index (χ2n) is 7.92. The van der Waals surface area contributed by atoms with Gasteiger partial charge in [-0.3, -0.25) is 4.79 Å². The Morgan fingerprint density at radius 1 is 1.00 bits per heavy atom. The van der Waals surface area contributed by atoms with Crippen LogP contribution in [0.3, 0.4) is 0 Å². The van der Waals surface area contributed by atoms with Gasteiger partial charge in [0.25, 0.3) is 0 Å². The third-order valence-electron chi connectivity index (χ3n) is 5.80. The second kappa shape index (κ2) is 9.16. The van der Waals surface area contributed by atoms with Crippen molar-refractivity contribution in [1.82, 2.24) is 9.55 Å². The summed E-state index contributed by atoms with van der Waals surface area (Å²) in [7, 11) is 0. The van der Waals surface area contributed by atoms with E-state index in [1.54, 1.807) is 18.3 Å². The topological polar surface area (TPSA) is 64.4 Å². The van der Waals surface area contributed by atoms with Crippen molar-refractivity contribution in [3.8, 4) is 0 Å². The van der Waals surface area contributed by atoms with Gasteiger partial charge >= 0.3 is 5.97 Å². The quantitative estimate of drug-likeness (QED) is 0.426. The van der Waals surface area contributed by atoms with Crippen molar-refractivity contribution < 1.29 is 14.3 Å². The van der Waals surface area contributed by atoms with Gasteiger partial charge in [-0.1, -0.05) is 30.3 Å². The maximum atomic E-state index is 12.8. The number of hydrogen-bond acceptors (Lipinski definition) is 5. The molecule has 1 fully saturated rings. The van der Waals surface area contributed by atoms with Crippen molar-refractivity contribution in [3.05, 3.63) is 82.8 Å². The molecule has 0 aliphatic carbocycles. The smallest absolute Gasteiger partial charge is 0.342 e. The number of anilines is 1. The first-order valence-electron chi connectivity index (χ1n) is 10.7. The molecule has 6 heteroatoms. The number of rotatable bonds is 7. The van der Waals surface area contributed by atoms with E-state index in [-0.39, 0.29) is 12.4 Å². The van der Waals surface area contributed by atoms with Crippen LogP contribution in [0, 0.1) is 13.8 Å². The third-order valence-corrected chi connectivity index (χ3v) is 5.80. The fraction of sp³-hybridized carbons (Fsp3) is 0.320. The number of ketones is 1. The lowest BCUT2D eigenvalue weighted by Crippen LogP contribution is -2.23. The molecule has 0 N–H and O–H groups in total. The zero-order chi connectivity index (χ0) is 21.8. The standard InChI is InChI=1S/C25H27N3O3/c1-18-15-22(19(2)28(18)16-20-9-4-3-5-10-20)23(29)17-31-25(30)21-11-8-12-26-24(21)27-13-6-7-14-27/h3-5,8-12,15H,6-7,13-14,16-17H2,1-2H3. The van der Waals surface area contributed by atoms with Crippen LogP contribution in [-0.4, -0.2) is 41.0 Å². The summed E-state index contributed by atoms with van der Waals surface area (Å²) in [5, 5.41) is 0. The molecule has 160 valence electrons. The minimum atomic E-state index is -0.513. The molecular formula is C25H27N3O3. The van der Waals surface area contributed by atoms with Crippen LogP contribution in [0.4, 0.5) is 5.82 Å². The normalized spacial score (nSPS) is 13.4. The van der Waals surface area contributed by atoms with Crippen molar-refractivity contribution >= 4 is 17.6 Å². The van der Waals surface area contributed by atoms with Crippen molar-refractivity contribution in [2.45, 2.75) is 33.2 Å². The van der Waals surface area contributed by atoms with E-state index in [0.29, 0.717) is 23.5 Å². The van der Waals surface area contributed by atoms with Crippen molar-refractivity contribution in [3.63, 3.8) is 0 Å². The molecule has 0 spiro atoms. The first-order chi connectivity index (χ1) is 15.0. The number of carbonyl (C=O) groups excluding carboxylic acids is 2. The van der Waals surface area contributed by atoms with Crippen LogP contribution in [0.1, 0.15) is 50.5 Å². The molecule has 0 bridgehead atoms. The van der Waals surface area contributed by atoms with E-state index in [0.717, 1.165) is 37.3 Å². The second-order valence-corrected chi connectivity index (χ2v) is 7.92. The highest BCUT2D eigenvalue weighted by molar-refractivity contribution is 6.01. The monoisotopic (exact) mass is 417 g/mol. The van der Waals surface area contributed by atoms with Crippen LogP contribution in [0.2, 0.25) is 0 Å². The fourth-order valence-corrected chi connectivity index (χ4v) is 4.12. The number of benzene rings is 1. The van der Waals surface area contributed by atoms with Gasteiger partial charge in [0, 0.05) is 42.8 Å². The van der Waals surface area contributed by atoms with Crippen LogP contribution in [0.5, 0.6) is 0 Å². The summed E-state index contributed by atoms with van der Waals surface area (Å²) in [6.45, 7) is 6.07. The van der Waals surface area contributed by atoms with Gasteiger partial charge in [-0.2, -0.15) is 0 Å². The van der Waals surface area contributed by atoms with E-state index in [1.165, 1.54) is 5.56 Å². The number of hydrogen-bond donors (Lipinski definition) is 0. The van der Waals surface area contributed by atoms with Gasteiger partial charge in [0.05, 0.1) is 0 Å². The molecule has 3 heterocycles. The Bertz CT molecular complexity index is 1080. The number of pyridine rings is 1. The summed E-state index contributed by atoms with van der Waals surface area (Å²) < 4.78 is 7.51. The van der Waals surface area contributed by atoms with Crippen LogP contribution < -0.4 is 4.90 Å². The Morgan fingerprint density at radius 3 is 2.48 bits per heavy atom. The predicted molar refractivity (Wildman–Crippen MR) is 120 cm³/mol. The minimum absolute atomic E-state index is 0.202. The summed E-state index contributed by atoms with van der Waals surface area (Å²) in [5.41, 5.74) is 4.04. The van der Waals surface area contributed by atoms with Crippen molar-refractivity contribution in [1.29, 1.82) is 0 Å². The van der Waals surface area contributed by atoms with E-state index < -0.39 is 5.97 Å². The number of aryl methyl sites for hydroxylation is 1. The summed E-state index contributed by atoms with van der Waals surface area (Å²) in [6.07, 6.45) is 3.85. The number of nitrogens with zero attached hydrogens (tertiary/aromatic N) is 3. The van der Waals surface area contributed by atoms with Gasteiger partial charge in [0.15, 0.2) is 6.61 Å².